The van der Waals surface area contributed by atoms with E-state index < -0.39 is 0 Å². The number of hydrogen-bond donors (Lipinski definition) is 1. The average Bonchev–Trinajstić information content (AvgIpc) is 2.40. The van der Waals surface area contributed by atoms with Crippen LogP contribution in [0.1, 0.15) is 6.42 Å². The molecule has 0 saturated heterocycles. The molecule has 2 rings (SSSR count). The van der Waals surface area contributed by atoms with E-state index >= 15 is 0 Å². The molecule has 0 saturated carbocycles. The van der Waals surface area contributed by atoms with Crippen molar-refractivity contribution in [1.29, 1.82) is 0 Å². The number of nitrogens with one attached hydrogen (secondary N) is 1. The first-order valence-electron chi connectivity index (χ1n) is 5.32. The first-order valence-corrected chi connectivity index (χ1v) is 5.32. The Labute approximate surface area is 99.8 Å². The lowest BCUT2D eigenvalue weighted by Gasteiger charge is -2.12. The maximum atomic E-state index is 8.62. The van der Waals surface area contributed by atoms with Gasteiger partial charge in [0.05, 0.1) is 19.2 Å². The SMILES string of the molecule is COc1ccccc1NC1=CCC(=[N+]=[N-])C=C1. The first kappa shape index (κ1) is 11.2. The summed E-state index contributed by atoms with van der Waals surface area (Å²) in [6, 6.07) is 7.71. The van der Waals surface area contributed by atoms with E-state index in [2.05, 4.69) is 10.1 Å². The molecule has 1 aliphatic carbocycles. The van der Waals surface area contributed by atoms with E-state index in [4.69, 9.17) is 10.3 Å². The van der Waals surface area contributed by atoms with Crippen molar-refractivity contribution in [3.8, 4) is 5.75 Å². The first-order chi connectivity index (χ1) is 8.33. The third-order valence-corrected chi connectivity index (χ3v) is 2.50. The van der Waals surface area contributed by atoms with Crippen molar-refractivity contribution in [2.75, 3.05) is 12.4 Å². The van der Waals surface area contributed by atoms with Crippen LogP contribution < -0.4 is 10.1 Å². The van der Waals surface area contributed by atoms with Gasteiger partial charge in [0.1, 0.15) is 5.75 Å². The van der Waals surface area contributed by atoms with Crippen molar-refractivity contribution >= 4 is 11.4 Å². The van der Waals surface area contributed by atoms with Gasteiger partial charge in [-0.3, -0.25) is 0 Å². The second-order valence-corrected chi connectivity index (χ2v) is 3.61. The number of para-hydroxylation sites is 2. The molecule has 0 aromatic heterocycles. The molecular weight excluding hydrogens is 214 g/mol. The largest absolute Gasteiger partial charge is 0.495 e. The number of ether oxygens (including phenoxy) is 1. The molecule has 86 valence electrons. The van der Waals surface area contributed by atoms with E-state index in [1.54, 1.807) is 13.2 Å². The Kier molecular flexibility index (Phi) is 3.38. The van der Waals surface area contributed by atoms with E-state index in [0.717, 1.165) is 17.1 Å². The van der Waals surface area contributed by atoms with Crippen LogP contribution in [0.15, 0.2) is 48.2 Å². The number of allylic oxidation sites excluding steroid dienone is 3. The second kappa shape index (κ2) is 5.14. The van der Waals surface area contributed by atoms with Crippen LogP contribution in [-0.2, 0) is 0 Å². The number of methoxy groups -OCH3 is 1. The number of anilines is 1. The minimum atomic E-state index is 0.616. The highest BCUT2D eigenvalue weighted by atomic mass is 16.5. The van der Waals surface area contributed by atoms with Gasteiger partial charge < -0.3 is 15.6 Å². The molecule has 0 aliphatic heterocycles. The third-order valence-electron chi connectivity index (χ3n) is 2.50. The maximum Gasteiger partial charge on any atom is 0.295 e. The molecule has 0 spiro atoms. The van der Waals surface area contributed by atoms with Gasteiger partial charge in [-0.2, -0.15) is 4.79 Å². The molecule has 0 heterocycles. The lowest BCUT2D eigenvalue weighted by Crippen LogP contribution is -2.05. The molecule has 1 aliphatic rings. The Morgan fingerprint density at radius 2 is 2.12 bits per heavy atom. The summed E-state index contributed by atoms with van der Waals surface area (Å²) in [7, 11) is 1.64. The summed E-state index contributed by atoms with van der Waals surface area (Å²) in [5.74, 6) is 0.795. The predicted octanol–water partition coefficient (Wildman–Crippen LogP) is 2.62. The fourth-order valence-electron chi connectivity index (χ4n) is 1.61. The molecular formula is C13H13N3O. The highest BCUT2D eigenvalue weighted by Gasteiger charge is 2.09. The van der Waals surface area contributed by atoms with Crippen LogP contribution in [0.4, 0.5) is 5.69 Å². The zero-order valence-corrected chi connectivity index (χ0v) is 9.55. The number of hydrogen-bond acceptors (Lipinski definition) is 2. The van der Waals surface area contributed by atoms with Crippen LogP contribution in [0.5, 0.6) is 5.75 Å². The van der Waals surface area contributed by atoms with Crippen molar-refractivity contribution in [2.45, 2.75) is 6.42 Å². The van der Waals surface area contributed by atoms with Crippen LogP contribution in [0, 0.1) is 0 Å². The Balaban J connectivity index is 2.15. The van der Waals surface area contributed by atoms with Gasteiger partial charge in [0.15, 0.2) is 0 Å². The van der Waals surface area contributed by atoms with Gasteiger partial charge in [0.25, 0.3) is 5.71 Å². The van der Waals surface area contributed by atoms with Gasteiger partial charge in [0.2, 0.25) is 0 Å². The summed E-state index contributed by atoms with van der Waals surface area (Å²) in [6.07, 6.45) is 6.22. The summed E-state index contributed by atoms with van der Waals surface area (Å²) in [6.45, 7) is 0. The maximum absolute atomic E-state index is 8.62. The molecule has 0 fully saturated rings. The molecule has 1 aromatic rings. The number of benzene rings is 1. The average molecular weight is 227 g/mol. The minimum absolute atomic E-state index is 0.616. The summed E-state index contributed by atoms with van der Waals surface area (Å²) < 4.78 is 5.25. The summed E-state index contributed by atoms with van der Waals surface area (Å²) in [5, 5.41) is 3.26. The normalized spacial score (nSPS) is 13.9. The summed E-state index contributed by atoms with van der Waals surface area (Å²) in [5.41, 5.74) is 11.1. The van der Waals surface area contributed by atoms with Crippen molar-refractivity contribution in [3.63, 3.8) is 0 Å². The number of nitrogens with zero attached hydrogens (tertiary/aromatic N) is 2. The molecule has 4 heteroatoms. The topological polar surface area (TPSA) is 57.7 Å². The smallest absolute Gasteiger partial charge is 0.295 e. The van der Waals surface area contributed by atoms with Gasteiger partial charge in [-0.05, 0) is 24.3 Å². The van der Waals surface area contributed by atoms with Crippen molar-refractivity contribution in [1.82, 2.24) is 0 Å². The van der Waals surface area contributed by atoms with Gasteiger partial charge in [-0.1, -0.05) is 12.1 Å². The second-order valence-electron chi connectivity index (χ2n) is 3.61. The fourth-order valence-corrected chi connectivity index (χ4v) is 1.61. The third kappa shape index (κ3) is 2.62. The number of rotatable bonds is 3. The monoisotopic (exact) mass is 227 g/mol. The molecule has 17 heavy (non-hydrogen) atoms. The lowest BCUT2D eigenvalue weighted by atomic mass is 10.1. The summed E-state index contributed by atoms with van der Waals surface area (Å²) in [4.78, 5) is 3.16. The fraction of sp³-hybridized carbons (Fsp3) is 0.154. The molecule has 0 radical (unpaired) electrons. The minimum Gasteiger partial charge on any atom is -0.495 e. The van der Waals surface area contributed by atoms with Crippen LogP contribution in [-0.4, -0.2) is 17.6 Å². The van der Waals surface area contributed by atoms with E-state index in [-0.39, 0.29) is 0 Å². The predicted molar refractivity (Wildman–Crippen MR) is 67.1 cm³/mol. The Hall–Kier alpha value is -2.32. The zero-order valence-electron chi connectivity index (χ0n) is 9.55. The molecule has 0 atom stereocenters. The molecule has 0 bridgehead atoms. The van der Waals surface area contributed by atoms with E-state index in [1.807, 2.05) is 36.4 Å². The van der Waals surface area contributed by atoms with Gasteiger partial charge in [0, 0.05) is 11.8 Å². The molecule has 1 aromatic carbocycles. The van der Waals surface area contributed by atoms with Gasteiger partial charge >= 0.3 is 0 Å². The van der Waals surface area contributed by atoms with Crippen LogP contribution in [0.2, 0.25) is 0 Å². The molecule has 0 amide bonds. The molecule has 4 nitrogen and oxygen atoms in total. The molecule has 0 unspecified atom stereocenters. The van der Waals surface area contributed by atoms with Crippen LogP contribution in [0.25, 0.3) is 5.53 Å². The molecule has 1 N–H and O–H groups in total. The van der Waals surface area contributed by atoms with Crippen LogP contribution >= 0.6 is 0 Å². The van der Waals surface area contributed by atoms with Gasteiger partial charge in [-0.15, -0.1) is 0 Å². The quantitative estimate of drug-likeness (QED) is 0.637. The van der Waals surface area contributed by atoms with Crippen molar-refractivity contribution in [2.24, 2.45) is 0 Å². The highest BCUT2D eigenvalue weighted by Crippen LogP contribution is 2.25. The van der Waals surface area contributed by atoms with E-state index in [1.165, 1.54) is 0 Å². The van der Waals surface area contributed by atoms with Crippen molar-refractivity contribution in [3.05, 3.63) is 53.7 Å². The van der Waals surface area contributed by atoms with Crippen molar-refractivity contribution < 1.29 is 9.53 Å². The lowest BCUT2D eigenvalue weighted by molar-refractivity contribution is -0.00540. The summed E-state index contributed by atoms with van der Waals surface area (Å²) >= 11 is 0. The zero-order chi connectivity index (χ0) is 12.1. The Morgan fingerprint density at radius 3 is 2.76 bits per heavy atom. The standard InChI is InChI=1S/C13H13N3O/c1-17-13-5-3-2-4-12(13)15-10-6-8-11(16-14)9-7-10/h2-8,15H,9H2,1H3. The van der Waals surface area contributed by atoms with Gasteiger partial charge in [-0.25, -0.2) is 0 Å². The highest BCUT2D eigenvalue weighted by molar-refractivity contribution is 5.93. The Morgan fingerprint density at radius 1 is 1.29 bits per heavy atom. The van der Waals surface area contributed by atoms with E-state index in [0.29, 0.717) is 12.1 Å². The van der Waals surface area contributed by atoms with E-state index in [9.17, 15) is 0 Å². The van der Waals surface area contributed by atoms with Crippen LogP contribution in [0.3, 0.4) is 0 Å². The Bertz CT molecular complexity index is 525.